The number of nitrogens with zero attached hydrogens (tertiary/aromatic N) is 1. The number of hydrogen-bond acceptors (Lipinski definition) is 4. The highest BCUT2D eigenvalue weighted by molar-refractivity contribution is 6.05. The molecule has 0 bridgehead atoms. The van der Waals surface area contributed by atoms with Crippen molar-refractivity contribution in [2.45, 2.75) is 13.8 Å². The molecule has 0 radical (unpaired) electrons. The highest BCUT2D eigenvalue weighted by Gasteiger charge is 2.15. The molecule has 0 saturated carbocycles. The number of furan rings is 1. The van der Waals surface area contributed by atoms with Crippen molar-refractivity contribution >= 4 is 28.3 Å². The maximum Gasteiger partial charge on any atom is 0.249 e. The van der Waals surface area contributed by atoms with E-state index in [1.165, 1.54) is 0 Å². The van der Waals surface area contributed by atoms with Crippen molar-refractivity contribution in [3.63, 3.8) is 0 Å². The average Bonchev–Trinajstić information content (AvgIpc) is 3.18. The average molecular weight is 398 g/mol. The minimum Gasteiger partial charge on any atom is -0.496 e. The first-order valence-electron chi connectivity index (χ1n) is 9.62. The molecular weight excluding hydrogens is 376 g/mol. The van der Waals surface area contributed by atoms with Crippen molar-refractivity contribution in [1.82, 2.24) is 4.98 Å². The maximum atomic E-state index is 12.5. The normalized spacial score (nSPS) is 11.5. The van der Waals surface area contributed by atoms with Gasteiger partial charge in [-0.2, -0.15) is 0 Å². The Labute approximate surface area is 175 Å². The summed E-state index contributed by atoms with van der Waals surface area (Å²) in [6, 6.07) is 17.6. The lowest BCUT2D eigenvalue weighted by molar-refractivity contribution is -0.111. The van der Waals surface area contributed by atoms with Gasteiger partial charge in [-0.25, -0.2) is 4.98 Å². The Morgan fingerprint density at radius 3 is 2.63 bits per heavy atom. The largest absolute Gasteiger partial charge is 0.496 e. The molecule has 0 aliphatic carbocycles. The van der Waals surface area contributed by atoms with E-state index in [0.717, 1.165) is 38.8 Å². The zero-order valence-electron chi connectivity index (χ0n) is 17.1. The lowest BCUT2D eigenvalue weighted by Gasteiger charge is -2.10. The number of methoxy groups -OCH3 is 1. The number of ether oxygens (including phenoxy) is 1. The lowest BCUT2D eigenvalue weighted by atomic mass is 9.99. The lowest BCUT2D eigenvalue weighted by Crippen LogP contribution is -2.10. The third-order valence-electron chi connectivity index (χ3n) is 4.92. The van der Waals surface area contributed by atoms with E-state index >= 15 is 0 Å². The van der Waals surface area contributed by atoms with Crippen molar-refractivity contribution < 1.29 is 13.9 Å². The quantitative estimate of drug-likeness (QED) is 0.428. The van der Waals surface area contributed by atoms with Crippen LogP contribution in [0.15, 0.2) is 77.6 Å². The van der Waals surface area contributed by atoms with Gasteiger partial charge in [0.25, 0.3) is 0 Å². The third kappa shape index (κ3) is 3.96. The van der Waals surface area contributed by atoms with Crippen LogP contribution in [0.3, 0.4) is 0 Å². The number of allylic oxidation sites excluding steroid dienone is 1. The molecule has 2 aromatic carbocycles. The second kappa shape index (κ2) is 8.25. The molecule has 1 amide bonds. The molecular formula is C25H22N2O3. The number of fused-ring (bicyclic) bond motifs is 1. The number of rotatable bonds is 5. The summed E-state index contributed by atoms with van der Waals surface area (Å²) >= 11 is 0. The Bertz CT molecular complexity index is 1220. The first-order chi connectivity index (χ1) is 14.5. The molecule has 5 nitrogen and oxygen atoms in total. The van der Waals surface area contributed by atoms with Crippen LogP contribution in [-0.2, 0) is 4.79 Å². The minimum absolute atomic E-state index is 0.249. The van der Waals surface area contributed by atoms with Gasteiger partial charge in [-0.1, -0.05) is 36.4 Å². The van der Waals surface area contributed by atoms with Gasteiger partial charge < -0.3 is 14.5 Å². The SMILES string of the molecule is COc1cc2occ(-c3ccccc3)c2cc1/C(C)=C/C(=O)Nc1ccc(C)cn1. The van der Waals surface area contributed by atoms with Gasteiger partial charge in [-0.15, -0.1) is 0 Å². The number of pyridine rings is 1. The second-order valence-corrected chi connectivity index (χ2v) is 7.10. The summed E-state index contributed by atoms with van der Waals surface area (Å²) in [6.07, 6.45) is 5.01. The van der Waals surface area contributed by atoms with Gasteiger partial charge in [-0.3, -0.25) is 4.79 Å². The standard InChI is InChI=1S/C25H22N2O3/c1-16-9-10-24(26-14-16)27-25(28)11-17(2)19-12-20-21(18-7-5-4-6-8-18)15-30-23(20)13-22(19)29-3/h4-15H,1-3H3,(H,26,27,28)/b17-11+. The zero-order valence-corrected chi connectivity index (χ0v) is 17.1. The van der Waals surface area contributed by atoms with Crippen LogP contribution in [0.1, 0.15) is 18.1 Å². The van der Waals surface area contributed by atoms with Crippen molar-refractivity contribution in [1.29, 1.82) is 0 Å². The van der Waals surface area contributed by atoms with E-state index in [1.54, 1.807) is 31.7 Å². The molecule has 0 aliphatic rings. The molecule has 0 unspecified atom stereocenters. The Hall–Kier alpha value is -3.86. The highest BCUT2D eigenvalue weighted by Crippen LogP contribution is 2.37. The predicted molar refractivity (Wildman–Crippen MR) is 119 cm³/mol. The molecule has 2 heterocycles. The van der Waals surface area contributed by atoms with Crippen LogP contribution in [0.25, 0.3) is 27.7 Å². The number of hydrogen-bond donors (Lipinski definition) is 1. The molecule has 0 spiro atoms. The summed E-state index contributed by atoms with van der Waals surface area (Å²) in [6.45, 7) is 3.83. The van der Waals surface area contributed by atoms with Crippen molar-refractivity contribution in [2.24, 2.45) is 0 Å². The van der Waals surface area contributed by atoms with Crippen molar-refractivity contribution in [3.05, 3.63) is 84.3 Å². The van der Waals surface area contributed by atoms with E-state index < -0.39 is 0 Å². The Morgan fingerprint density at radius 2 is 1.93 bits per heavy atom. The number of carbonyl (C=O) groups is 1. The van der Waals surface area contributed by atoms with Crippen LogP contribution in [0.5, 0.6) is 5.75 Å². The third-order valence-corrected chi connectivity index (χ3v) is 4.92. The number of amides is 1. The van der Waals surface area contributed by atoms with Gasteiger partial charge in [0.2, 0.25) is 5.91 Å². The first-order valence-corrected chi connectivity index (χ1v) is 9.62. The second-order valence-electron chi connectivity index (χ2n) is 7.10. The Kier molecular flexibility index (Phi) is 5.35. The summed E-state index contributed by atoms with van der Waals surface area (Å²) in [7, 11) is 1.61. The Morgan fingerprint density at radius 1 is 1.13 bits per heavy atom. The highest BCUT2D eigenvalue weighted by atomic mass is 16.5. The molecule has 4 aromatic rings. The van der Waals surface area contributed by atoms with Gasteiger partial charge >= 0.3 is 0 Å². The van der Waals surface area contributed by atoms with E-state index in [0.29, 0.717) is 11.6 Å². The van der Waals surface area contributed by atoms with E-state index in [2.05, 4.69) is 10.3 Å². The number of nitrogens with one attached hydrogen (secondary N) is 1. The van der Waals surface area contributed by atoms with E-state index in [9.17, 15) is 4.79 Å². The predicted octanol–water partition coefficient (Wildman–Crippen LogP) is 5.85. The molecule has 0 aliphatic heterocycles. The topological polar surface area (TPSA) is 64.4 Å². The van der Waals surface area contributed by atoms with Crippen LogP contribution in [-0.4, -0.2) is 18.0 Å². The molecule has 4 rings (SSSR count). The summed E-state index contributed by atoms with van der Waals surface area (Å²) in [4.78, 5) is 16.7. The molecule has 0 saturated heterocycles. The summed E-state index contributed by atoms with van der Waals surface area (Å²) in [5.41, 5.74) is 5.43. The van der Waals surface area contributed by atoms with Crippen LogP contribution >= 0.6 is 0 Å². The minimum atomic E-state index is -0.249. The fourth-order valence-corrected chi connectivity index (χ4v) is 3.35. The molecule has 0 fully saturated rings. The molecule has 5 heteroatoms. The van der Waals surface area contributed by atoms with E-state index in [-0.39, 0.29) is 5.91 Å². The maximum absolute atomic E-state index is 12.5. The monoisotopic (exact) mass is 398 g/mol. The first kappa shape index (κ1) is 19.5. The van der Waals surface area contributed by atoms with Crippen LogP contribution in [0, 0.1) is 6.92 Å². The van der Waals surface area contributed by atoms with E-state index in [1.807, 2.05) is 62.4 Å². The van der Waals surface area contributed by atoms with Gasteiger partial charge in [0.1, 0.15) is 17.2 Å². The van der Waals surface area contributed by atoms with Crippen molar-refractivity contribution in [3.8, 4) is 16.9 Å². The number of anilines is 1. The van der Waals surface area contributed by atoms with Gasteiger partial charge in [0.15, 0.2) is 0 Å². The fraction of sp³-hybridized carbons (Fsp3) is 0.120. The van der Waals surface area contributed by atoms with Gasteiger partial charge in [0.05, 0.1) is 13.4 Å². The molecule has 0 atom stereocenters. The number of aryl methyl sites for hydroxylation is 1. The van der Waals surface area contributed by atoms with Crippen molar-refractivity contribution in [2.75, 3.05) is 12.4 Å². The number of aromatic nitrogens is 1. The van der Waals surface area contributed by atoms with Gasteiger partial charge in [-0.05, 0) is 42.7 Å². The zero-order chi connectivity index (χ0) is 21.1. The number of benzene rings is 2. The number of carbonyl (C=O) groups excluding carboxylic acids is 1. The van der Waals surface area contributed by atoms with Gasteiger partial charge in [0, 0.05) is 34.9 Å². The van der Waals surface area contributed by atoms with E-state index in [4.69, 9.17) is 9.15 Å². The Balaban J connectivity index is 1.70. The summed E-state index contributed by atoms with van der Waals surface area (Å²) in [5.74, 6) is 0.909. The summed E-state index contributed by atoms with van der Waals surface area (Å²) in [5, 5.41) is 3.75. The molecule has 1 N–H and O–H groups in total. The van der Waals surface area contributed by atoms with Crippen LogP contribution in [0.2, 0.25) is 0 Å². The summed E-state index contributed by atoms with van der Waals surface area (Å²) < 4.78 is 11.3. The molecule has 150 valence electrons. The smallest absolute Gasteiger partial charge is 0.249 e. The fourth-order valence-electron chi connectivity index (χ4n) is 3.35. The van der Waals surface area contributed by atoms with Crippen LogP contribution in [0.4, 0.5) is 5.82 Å². The molecule has 2 aromatic heterocycles. The molecule has 30 heavy (non-hydrogen) atoms. The van der Waals surface area contributed by atoms with Crippen LogP contribution < -0.4 is 10.1 Å².